The van der Waals surface area contributed by atoms with Crippen molar-refractivity contribution in [3.05, 3.63) is 43.5 Å². The van der Waals surface area contributed by atoms with Gasteiger partial charge in [0.05, 0.1) is 17.1 Å². The second kappa shape index (κ2) is 4.70. The number of aryl methyl sites for hydroxylation is 1. The van der Waals surface area contributed by atoms with Gasteiger partial charge in [0.2, 0.25) is 0 Å². The average molecular weight is 312 g/mol. The molecule has 0 aliphatic rings. The Labute approximate surface area is 112 Å². The van der Waals surface area contributed by atoms with Gasteiger partial charge in [0.15, 0.2) is 0 Å². The van der Waals surface area contributed by atoms with Crippen LogP contribution in [-0.4, -0.2) is 16.2 Å². The first kappa shape index (κ1) is 13.0. The molecule has 96 valence electrons. The van der Waals surface area contributed by atoms with E-state index >= 15 is 0 Å². The van der Waals surface area contributed by atoms with Gasteiger partial charge in [-0.15, -0.1) is 0 Å². The molecule has 0 amide bonds. The topological polar surface area (TPSA) is 56.0 Å². The summed E-state index contributed by atoms with van der Waals surface area (Å²) in [4.78, 5) is 24.6. The molecule has 1 atom stereocenters. The average Bonchev–Trinajstić information content (AvgIpc) is 2.35. The third-order valence-electron chi connectivity index (χ3n) is 3.07. The quantitative estimate of drug-likeness (QED) is 0.906. The van der Waals surface area contributed by atoms with Crippen LogP contribution in [-0.2, 0) is 7.05 Å². The number of hydrogen-bond donors (Lipinski definition) is 1. The monoisotopic (exact) mass is 311 g/mol. The Morgan fingerprint density at radius 2 is 2.00 bits per heavy atom. The molecule has 0 saturated heterocycles. The molecule has 6 heteroatoms. The maximum atomic E-state index is 12.3. The van der Waals surface area contributed by atoms with Crippen molar-refractivity contribution in [2.24, 2.45) is 7.05 Å². The van der Waals surface area contributed by atoms with Gasteiger partial charge >= 0.3 is 5.69 Å². The van der Waals surface area contributed by atoms with Gasteiger partial charge < -0.3 is 5.32 Å². The summed E-state index contributed by atoms with van der Waals surface area (Å²) in [6.07, 6.45) is -0.348. The maximum absolute atomic E-state index is 12.3. The Bertz CT molecular complexity index is 718. The van der Waals surface area contributed by atoms with Crippen molar-refractivity contribution in [1.82, 2.24) is 14.5 Å². The summed E-state index contributed by atoms with van der Waals surface area (Å²) in [5, 5.41) is 3.43. The SMILES string of the molecule is CNC(C)n1c(=O)c2cccc(Br)c2n(C)c1=O. The Hall–Kier alpha value is -1.40. The Balaban J connectivity index is 3.03. The molecule has 0 fully saturated rings. The standard InChI is InChI=1S/C12H14BrN3O2/c1-7(14-2)16-11(17)8-5-4-6-9(13)10(8)15(3)12(16)18/h4-7,14H,1-3H3. The fourth-order valence-corrected chi connectivity index (χ4v) is 2.61. The summed E-state index contributed by atoms with van der Waals surface area (Å²) < 4.78 is 3.43. The number of nitrogens with zero attached hydrogens (tertiary/aromatic N) is 2. The minimum absolute atomic E-state index is 0.281. The van der Waals surface area contributed by atoms with Gasteiger partial charge in [0, 0.05) is 11.5 Å². The third kappa shape index (κ3) is 1.81. The van der Waals surface area contributed by atoms with Gasteiger partial charge in [0.25, 0.3) is 5.56 Å². The fourth-order valence-electron chi connectivity index (χ4n) is 1.97. The molecule has 1 aromatic carbocycles. The number of halogens is 1. The van der Waals surface area contributed by atoms with E-state index in [1.165, 1.54) is 9.13 Å². The zero-order valence-corrected chi connectivity index (χ0v) is 12.0. The van der Waals surface area contributed by atoms with E-state index in [-0.39, 0.29) is 17.4 Å². The van der Waals surface area contributed by atoms with Crippen molar-refractivity contribution < 1.29 is 0 Å². The van der Waals surface area contributed by atoms with Crippen LogP contribution in [0.15, 0.2) is 32.3 Å². The van der Waals surface area contributed by atoms with Crippen LogP contribution in [0.1, 0.15) is 13.1 Å². The maximum Gasteiger partial charge on any atom is 0.332 e. The summed E-state index contributed by atoms with van der Waals surface area (Å²) in [5.74, 6) is 0. The molecule has 1 heterocycles. The largest absolute Gasteiger partial charge is 0.332 e. The molecule has 1 unspecified atom stereocenters. The molecule has 0 radical (unpaired) electrons. The highest BCUT2D eigenvalue weighted by atomic mass is 79.9. The molecular weight excluding hydrogens is 298 g/mol. The van der Waals surface area contributed by atoms with Crippen LogP contribution in [0.5, 0.6) is 0 Å². The number of benzene rings is 1. The van der Waals surface area contributed by atoms with Gasteiger partial charge in [-0.25, -0.2) is 9.36 Å². The first-order valence-electron chi connectivity index (χ1n) is 5.56. The van der Waals surface area contributed by atoms with Crippen molar-refractivity contribution in [2.45, 2.75) is 13.1 Å². The van der Waals surface area contributed by atoms with Gasteiger partial charge in [-0.2, -0.15) is 0 Å². The van der Waals surface area contributed by atoms with Crippen LogP contribution in [0.3, 0.4) is 0 Å². The van der Waals surface area contributed by atoms with Crippen LogP contribution < -0.4 is 16.6 Å². The lowest BCUT2D eigenvalue weighted by Crippen LogP contribution is -2.44. The number of rotatable bonds is 2. The van der Waals surface area contributed by atoms with E-state index < -0.39 is 0 Å². The predicted octanol–water partition coefficient (Wildman–Crippen LogP) is 1.20. The van der Waals surface area contributed by atoms with Crippen molar-refractivity contribution in [2.75, 3.05) is 7.05 Å². The molecule has 2 aromatic rings. The molecule has 0 spiro atoms. The Morgan fingerprint density at radius 3 is 2.61 bits per heavy atom. The summed E-state index contributed by atoms with van der Waals surface area (Å²) in [7, 11) is 3.37. The number of hydrogen-bond acceptors (Lipinski definition) is 3. The van der Waals surface area contributed by atoms with Crippen LogP contribution in [0.2, 0.25) is 0 Å². The lowest BCUT2D eigenvalue weighted by molar-refractivity contribution is 0.437. The van der Waals surface area contributed by atoms with E-state index in [4.69, 9.17) is 0 Å². The second-order valence-electron chi connectivity index (χ2n) is 4.12. The summed E-state index contributed by atoms with van der Waals surface area (Å²) in [6.45, 7) is 1.77. The predicted molar refractivity (Wildman–Crippen MR) is 74.9 cm³/mol. The highest BCUT2D eigenvalue weighted by Gasteiger charge is 2.15. The summed E-state index contributed by atoms with van der Waals surface area (Å²) in [5.41, 5.74) is 0.00422. The zero-order valence-electron chi connectivity index (χ0n) is 10.4. The number of aromatic nitrogens is 2. The molecule has 0 bridgehead atoms. The molecule has 0 aliphatic heterocycles. The number of para-hydroxylation sites is 1. The van der Waals surface area contributed by atoms with Crippen molar-refractivity contribution in [3.8, 4) is 0 Å². The van der Waals surface area contributed by atoms with Crippen molar-refractivity contribution in [3.63, 3.8) is 0 Å². The number of fused-ring (bicyclic) bond motifs is 1. The van der Waals surface area contributed by atoms with E-state index in [9.17, 15) is 9.59 Å². The lowest BCUT2D eigenvalue weighted by atomic mass is 10.2. The first-order valence-corrected chi connectivity index (χ1v) is 6.35. The second-order valence-corrected chi connectivity index (χ2v) is 4.97. The minimum Gasteiger partial charge on any atom is -0.300 e. The van der Waals surface area contributed by atoms with Gasteiger partial charge in [0.1, 0.15) is 0 Å². The number of nitrogens with one attached hydrogen (secondary N) is 1. The van der Waals surface area contributed by atoms with Crippen LogP contribution in [0, 0.1) is 0 Å². The van der Waals surface area contributed by atoms with E-state index in [0.717, 1.165) is 4.47 Å². The van der Waals surface area contributed by atoms with Crippen LogP contribution in [0.25, 0.3) is 10.9 Å². The first-order chi connectivity index (χ1) is 8.49. The zero-order chi connectivity index (χ0) is 13.4. The van der Waals surface area contributed by atoms with Gasteiger partial charge in [-0.05, 0) is 42.0 Å². The molecule has 1 aromatic heterocycles. The van der Waals surface area contributed by atoms with Gasteiger partial charge in [-0.3, -0.25) is 9.36 Å². The smallest absolute Gasteiger partial charge is 0.300 e. The molecule has 1 N–H and O–H groups in total. The van der Waals surface area contributed by atoms with Crippen molar-refractivity contribution >= 4 is 26.8 Å². The van der Waals surface area contributed by atoms with E-state index in [2.05, 4.69) is 21.2 Å². The highest BCUT2D eigenvalue weighted by Crippen LogP contribution is 2.19. The summed E-state index contributed by atoms with van der Waals surface area (Å²) >= 11 is 3.37. The Kier molecular flexibility index (Phi) is 3.41. The molecular formula is C12H14BrN3O2. The summed E-state index contributed by atoms with van der Waals surface area (Å²) in [6, 6.07) is 5.32. The van der Waals surface area contributed by atoms with Crippen LogP contribution in [0.4, 0.5) is 0 Å². The van der Waals surface area contributed by atoms with Crippen LogP contribution >= 0.6 is 15.9 Å². The molecule has 0 saturated carbocycles. The fraction of sp³-hybridized carbons (Fsp3) is 0.333. The molecule has 2 rings (SSSR count). The molecule has 18 heavy (non-hydrogen) atoms. The Morgan fingerprint density at radius 1 is 1.33 bits per heavy atom. The normalized spacial score (nSPS) is 12.9. The van der Waals surface area contributed by atoms with E-state index in [1.807, 2.05) is 6.07 Å². The third-order valence-corrected chi connectivity index (χ3v) is 3.71. The lowest BCUT2D eigenvalue weighted by Gasteiger charge is -2.16. The van der Waals surface area contributed by atoms with E-state index in [0.29, 0.717) is 10.9 Å². The molecule has 5 nitrogen and oxygen atoms in total. The van der Waals surface area contributed by atoms with Gasteiger partial charge in [-0.1, -0.05) is 6.07 Å². The molecule has 0 aliphatic carbocycles. The highest BCUT2D eigenvalue weighted by molar-refractivity contribution is 9.10. The van der Waals surface area contributed by atoms with Crippen molar-refractivity contribution in [1.29, 1.82) is 0 Å². The van der Waals surface area contributed by atoms with E-state index in [1.54, 1.807) is 33.2 Å². The minimum atomic E-state index is -0.348.